The van der Waals surface area contributed by atoms with E-state index in [0.29, 0.717) is 29.9 Å². The molecule has 0 bridgehead atoms. The quantitative estimate of drug-likeness (QED) is 0.284. The maximum atomic E-state index is 13.7. The molecular weight excluding hydrogens is 626 g/mol. The van der Waals surface area contributed by atoms with Crippen LogP contribution in [0.2, 0.25) is 5.02 Å². The predicted octanol–water partition coefficient (Wildman–Crippen LogP) is 3.40. The number of halogens is 1. The van der Waals surface area contributed by atoms with Crippen molar-refractivity contribution in [3.8, 4) is 11.8 Å². The van der Waals surface area contributed by atoms with Gasteiger partial charge in [0.15, 0.2) is 0 Å². The number of anilines is 1. The van der Waals surface area contributed by atoms with Gasteiger partial charge in [0, 0.05) is 51.4 Å². The number of esters is 2. The number of methoxy groups -OCH3 is 3. The molecule has 1 fully saturated rings. The SMILES string of the molecule is COCCCN1CCC(NC(=O)c2cc(Cl)c(N3C(N)=C(C#N)C(c4ccccc4)C(C(=O)OC)=C3C(=O)OC)c3c2OCC3)CC1. The van der Waals surface area contributed by atoms with Crippen LogP contribution in [0.3, 0.4) is 0 Å². The van der Waals surface area contributed by atoms with Gasteiger partial charge in [0.25, 0.3) is 5.91 Å². The molecule has 0 saturated carbocycles. The van der Waals surface area contributed by atoms with E-state index in [0.717, 1.165) is 38.9 Å². The highest BCUT2D eigenvalue weighted by Gasteiger charge is 2.45. The van der Waals surface area contributed by atoms with Crippen molar-refractivity contribution in [3.05, 3.63) is 80.8 Å². The Labute approximate surface area is 278 Å². The topological polar surface area (TPSA) is 156 Å². The molecule has 13 heteroatoms. The van der Waals surface area contributed by atoms with Crippen LogP contribution in [-0.4, -0.2) is 83.0 Å². The van der Waals surface area contributed by atoms with Crippen LogP contribution >= 0.6 is 11.6 Å². The Morgan fingerprint density at radius 1 is 1.11 bits per heavy atom. The number of rotatable bonds is 10. The van der Waals surface area contributed by atoms with Gasteiger partial charge in [0.1, 0.15) is 17.3 Å². The third-order valence-electron chi connectivity index (χ3n) is 8.72. The van der Waals surface area contributed by atoms with Crippen molar-refractivity contribution in [2.75, 3.05) is 59.1 Å². The summed E-state index contributed by atoms with van der Waals surface area (Å²) in [6.07, 6.45) is 2.87. The number of ether oxygens (including phenoxy) is 4. The fourth-order valence-corrected chi connectivity index (χ4v) is 6.79. The Morgan fingerprint density at radius 3 is 2.45 bits per heavy atom. The highest BCUT2D eigenvalue weighted by atomic mass is 35.5. The van der Waals surface area contributed by atoms with Gasteiger partial charge in [-0.3, -0.25) is 9.69 Å². The molecule has 1 unspecified atom stereocenters. The summed E-state index contributed by atoms with van der Waals surface area (Å²) >= 11 is 6.95. The molecular formula is C34H38ClN5O7. The number of benzene rings is 2. The first kappa shape index (κ1) is 33.8. The lowest BCUT2D eigenvalue weighted by Gasteiger charge is -2.37. The van der Waals surface area contributed by atoms with Crippen LogP contribution in [0, 0.1) is 11.3 Å². The molecule has 3 aliphatic heterocycles. The minimum absolute atomic E-state index is 0.00312. The number of fused-ring (bicyclic) bond motifs is 1. The minimum atomic E-state index is -1.03. The van der Waals surface area contributed by atoms with Gasteiger partial charge in [-0.15, -0.1) is 0 Å². The molecule has 12 nitrogen and oxygen atoms in total. The number of likely N-dealkylation sites (tertiary alicyclic amines) is 1. The fourth-order valence-electron chi connectivity index (χ4n) is 6.48. The van der Waals surface area contributed by atoms with Crippen molar-refractivity contribution in [2.24, 2.45) is 5.73 Å². The summed E-state index contributed by atoms with van der Waals surface area (Å²) in [5.41, 5.74) is 7.81. The minimum Gasteiger partial charge on any atom is -0.492 e. The van der Waals surface area contributed by atoms with Crippen LogP contribution in [-0.2, 0) is 30.2 Å². The van der Waals surface area contributed by atoms with Crippen molar-refractivity contribution < 1.29 is 33.3 Å². The number of nitriles is 1. The molecule has 47 heavy (non-hydrogen) atoms. The van der Waals surface area contributed by atoms with Crippen LogP contribution < -0.4 is 20.7 Å². The number of carbonyl (C=O) groups excluding carboxylic acids is 3. The molecule has 3 N–H and O–H groups in total. The molecule has 2 aromatic rings. The van der Waals surface area contributed by atoms with Crippen molar-refractivity contribution in [1.29, 1.82) is 5.26 Å². The van der Waals surface area contributed by atoms with E-state index in [2.05, 4.69) is 16.3 Å². The average molecular weight is 664 g/mol. The van der Waals surface area contributed by atoms with Gasteiger partial charge in [-0.05, 0) is 30.9 Å². The maximum absolute atomic E-state index is 13.7. The summed E-state index contributed by atoms with van der Waals surface area (Å²) in [7, 11) is 4.05. The first-order chi connectivity index (χ1) is 22.7. The van der Waals surface area contributed by atoms with Crippen LogP contribution in [0.25, 0.3) is 0 Å². The monoisotopic (exact) mass is 663 g/mol. The summed E-state index contributed by atoms with van der Waals surface area (Å²) in [5, 5.41) is 13.6. The largest absolute Gasteiger partial charge is 0.492 e. The third kappa shape index (κ3) is 6.65. The van der Waals surface area contributed by atoms with Crippen LogP contribution in [0.15, 0.2) is 59.1 Å². The number of hydrogen-bond donors (Lipinski definition) is 2. The van der Waals surface area contributed by atoms with Gasteiger partial charge in [0.05, 0.1) is 60.2 Å². The summed E-state index contributed by atoms with van der Waals surface area (Å²) in [4.78, 5) is 44.3. The number of nitrogens with two attached hydrogens (primary N) is 1. The fraction of sp³-hybridized carbons (Fsp3) is 0.412. The second-order valence-corrected chi connectivity index (χ2v) is 11.8. The lowest BCUT2D eigenvalue weighted by molar-refractivity contribution is -0.139. The van der Waals surface area contributed by atoms with E-state index < -0.39 is 17.9 Å². The van der Waals surface area contributed by atoms with E-state index in [9.17, 15) is 19.6 Å². The number of nitrogens with zero attached hydrogens (tertiary/aromatic N) is 3. The summed E-state index contributed by atoms with van der Waals surface area (Å²) in [5.74, 6) is -2.95. The van der Waals surface area contributed by atoms with E-state index in [1.54, 1.807) is 37.4 Å². The number of nitrogens with one attached hydrogen (secondary N) is 1. The highest BCUT2D eigenvalue weighted by Crippen LogP contribution is 2.49. The smallest absolute Gasteiger partial charge is 0.355 e. The van der Waals surface area contributed by atoms with E-state index in [1.165, 1.54) is 25.2 Å². The second kappa shape index (κ2) is 14.9. The molecule has 5 rings (SSSR count). The lowest BCUT2D eigenvalue weighted by atomic mass is 9.80. The molecule has 1 atom stereocenters. The molecule has 248 valence electrons. The Bertz CT molecular complexity index is 1640. The van der Waals surface area contributed by atoms with Crippen molar-refractivity contribution in [3.63, 3.8) is 0 Å². The first-order valence-corrected chi connectivity index (χ1v) is 15.8. The number of amides is 1. The Hall–Kier alpha value is -4.57. The Balaban J connectivity index is 1.56. The average Bonchev–Trinajstić information content (AvgIpc) is 3.58. The normalized spacial score (nSPS) is 18.4. The van der Waals surface area contributed by atoms with Crippen molar-refractivity contribution >= 4 is 35.1 Å². The van der Waals surface area contributed by atoms with E-state index >= 15 is 0 Å². The van der Waals surface area contributed by atoms with Crippen molar-refractivity contribution in [2.45, 2.75) is 37.6 Å². The first-order valence-electron chi connectivity index (χ1n) is 15.4. The third-order valence-corrected chi connectivity index (χ3v) is 9.01. The predicted molar refractivity (Wildman–Crippen MR) is 174 cm³/mol. The van der Waals surface area contributed by atoms with Gasteiger partial charge >= 0.3 is 11.9 Å². The lowest BCUT2D eigenvalue weighted by Crippen LogP contribution is -2.45. The molecule has 0 aromatic heterocycles. The molecule has 2 aromatic carbocycles. The molecule has 0 aliphatic carbocycles. The second-order valence-electron chi connectivity index (χ2n) is 11.4. The van der Waals surface area contributed by atoms with Gasteiger partial charge in [0.2, 0.25) is 0 Å². The summed E-state index contributed by atoms with van der Waals surface area (Å²) in [6, 6.07) is 12.3. The standard InChI is InChI=1S/C34H38ClN5O7/c1-44-16-7-13-39-14-10-21(11-15-39)38-32(41)23-18-25(35)28(22-12-17-47-30(22)23)40-29(34(43)46-3)27(33(42)45-2)26(24(19-36)31(40)37)20-8-5-4-6-9-20/h4-6,8-9,18,21,26H,7,10-17,37H2,1-3H3,(H,38,41). The zero-order valence-electron chi connectivity index (χ0n) is 26.6. The molecule has 3 aliphatic rings. The highest BCUT2D eigenvalue weighted by molar-refractivity contribution is 6.34. The van der Waals surface area contributed by atoms with Crippen LogP contribution in [0.4, 0.5) is 5.69 Å². The zero-order valence-corrected chi connectivity index (χ0v) is 27.4. The number of allylic oxidation sites excluding steroid dienone is 1. The van der Waals surface area contributed by atoms with Crippen molar-refractivity contribution in [1.82, 2.24) is 10.2 Å². The van der Waals surface area contributed by atoms with Gasteiger partial charge in [-0.25, -0.2) is 9.59 Å². The van der Waals surface area contributed by atoms with Gasteiger partial charge in [-0.2, -0.15) is 5.26 Å². The van der Waals surface area contributed by atoms with E-state index in [-0.39, 0.29) is 57.5 Å². The maximum Gasteiger partial charge on any atom is 0.355 e. The number of carbonyl (C=O) groups is 3. The van der Waals surface area contributed by atoms with Gasteiger partial charge < -0.3 is 34.9 Å². The van der Waals surface area contributed by atoms with Crippen LogP contribution in [0.5, 0.6) is 5.75 Å². The summed E-state index contributed by atoms with van der Waals surface area (Å²) in [6.45, 7) is 3.61. The van der Waals surface area contributed by atoms with E-state index in [1.807, 2.05) is 0 Å². The van der Waals surface area contributed by atoms with Gasteiger partial charge in [-0.1, -0.05) is 41.9 Å². The molecule has 0 radical (unpaired) electrons. The molecule has 3 heterocycles. The zero-order chi connectivity index (χ0) is 33.7. The number of hydrogen-bond acceptors (Lipinski definition) is 11. The molecule has 1 amide bonds. The van der Waals surface area contributed by atoms with E-state index in [4.69, 9.17) is 36.3 Å². The Morgan fingerprint density at radius 2 is 1.81 bits per heavy atom. The molecule has 1 saturated heterocycles. The number of piperidine rings is 1. The summed E-state index contributed by atoms with van der Waals surface area (Å²) < 4.78 is 21.4. The molecule has 0 spiro atoms. The van der Waals surface area contributed by atoms with Crippen LogP contribution in [0.1, 0.15) is 46.7 Å². The Kier molecular flexibility index (Phi) is 10.7.